The Balaban J connectivity index is 2.44. The molecule has 0 fully saturated rings. The normalized spacial score (nSPS) is 12.3. The monoisotopic (exact) mass is 305 g/mol. The molecular formula is C10H9F6NOS. The summed E-state index contributed by atoms with van der Waals surface area (Å²) in [4.78, 5) is 0. The maximum absolute atomic E-state index is 11.9. The van der Waals surface area contributed by atoms with Crippen molar-refractivity contribution in [1.29, 1.82) is 0 Å². The smallest absolute Gasteiger partial charge is 0.406 e. The summed E-state index contributed by atoms with van der Waals surface area (Å²) in [6.07, 6.45) is -4.80. The van der Waals surface area contributed by atoms with E-state index in [2.05, 4.69) is 10.1 Å². The Bertz CT molecular complexity index is 406. The second kappa shape index (κ2) is 6.27. The van der Waals surface area contributed by atoms with Gasteiger partial charge in [0.2, 0.25) is 0 Å². The molecule has 0 heterocycles. The summed E-state index contributed by atoms with van der Waals surface area (Å²) in [7, 11) is 0. The first-order valence-corrected chi connectivity index (χ1v) is 5.95. The van der Waals surface area contributed by atoms with Gasteiger partial charge in [0.25, 0.3) is 0 Å². The number of rotatable bonds is 5. The highest BCUT2D eigenvalue weighted by atomic mass is 32.2. The number of hydrogen-bond donors (Lipinski definition) is 1. The van der Waals surface area contributed by atoms with Crippen molar-refractivity contribution < 1.29 is 31.1 Å². The molecule has 0 aliphatic rings. The van der Waals surface area contributed by atoms with Crippen molar-refractivity contribution in [2.45, 2.75) is 11.9 Å². The third-order valence-electron chi connectivity index (χ3n) is 1.76. The molecule has 0 aromatic heterocycles. The highest BCUT2D eigenvalue weighted by molar-refractivity contribution is 8.00. The van der Waals surface area contributed by atoms with E-state index < -0.39 is 17.6 Å². The lowest BCUT2D eigenvalue weighted by molar-refractivity contribution is -0.274. The SMILES string of the molecule is FC(F)(F)Oc1cccc(NCCSC(F)(F)F)c1. The van der Waals surface area contributed by atoms with Crippen molar-refractivity contribution in [1.82, 2.24) is 0 Å². The van der Waals surface area contributed by atoms with Crippen LogP contribution in [0.5, 0.6) is 5.75 Å². The van der Waals surface area contributed by atoms with E-state index in [4.69, 9.17) is 0 Å². The molecule has 9 heteroatoms. The van der Waals surface area contributed by atoms with Gasteiger partial charge in [-0.1, -0.05) is 6.07 Å². The van der Waals surface area contributed by atoms with Gasteiger partial charge >= 0.3 is 11.9 Å². The molecule has 108 valence electrons. The van der Waals surface area contributed by atoms with Gasteiger partial charge in [0, 0.05) is 24.1 Å². The number of hydrogen-bond acceptors (Lipinski definition) is 3. The van der Waals surface area contributed by atoms with Crippen LogP contribution in [0.1, 0.15) is 0 Å². The third kappa shape index (κ3) is 7.70. The Morgan fingerprint density at radius 1 is 1.11 bits per heavy atom. The van der Waals surface area contributed by atoms with Crippen LogP contribution >= 0.6 is 11.8 Å². The van der Waals surface area contributed by atoms with E-state index in [1.165, 1.54) is 12.1 Å². The Morgan fingerprint density at radius 2 is 1.79 bits per heavy atom. The fourth-order valence-corrected chi connectivity index (χ4v) is 1.60. The van der Waals surface area contributed by atoms with Crippen LogP contribution in [0, 0.1) is 0 Å². The van der Waals surface area contributed by atoms with E-state index in [1.54, 1.807) is 0 Å². The molecule has 2 nitrogen and oxygen atoms in total. The van der Waals surface area contributed by atoms with Gasteiger partial charge in [-0.3, -0.25) is 0 Å². The molecule has 1 aromatic rings. The van der Waals surface area contributed by atoms with Gasteiger partial charge in [-0.05, 0) is 23.9 Å². The molecule has 0 saturated carbocycles. The fraction of sp³-hybridized carbons (Fsp3) is 0.400. The second-order valence-electron chi connectivity index (χ2n) is 3.30. The molecule has 0 saturated heterocycles. The van der Waals surface area contributed by atoms with Crippen LogP contribution in [-0.2, 0) is 0 Å². The third-order valence-corrected chi connectivity index (χ3v) is 2.50. The van der Waals surface area contributed by atoms with E-state index in [-0.39, 0.29) is 29.7 Å². The van der Waals surface area contributed by atoms with Crippen molar-refractivity contribution in [3.05, 3.63) is 24.3 Å². The topological polar surface area (TPSA) is 21.3 Å². The van der Waals surface area contributed by atoms with Crippen LogP contribution in [-0.4, -0.2) is 24.2 Å². The van der Waals surface area contributed by atoms with Gasteiger partial charge < -0.3 is 10.1 Å². The van der Waals surface area contributed by atoms with Gasteiger partial charge in [-0.25, -0.2) is 0 Å². The Labute approximate surface area is 109 Å². The van der Waals surface area contributed by atoms with E-state index in [0.29, 0.717) is 0 Å². The van der Waals surface area contributed by atoms with Gasteiger partial charge in [0.15, 0.2) is 0 Å². The maximum Gasteiger partial charge on any atom is 0.573 e. The molecule has 0 aliphatic heterocycles. The molecule has 0 spiro atoms. The number of alkyl halides is 6. The van der Waals surface area contributed by atoms with Crippen LogP contribution in [0.25, 0.3) is 0 Å². The maximum atomic E-state index is 11.9. The van der Waals surface area contributed by atoms with Crippen LogP contribution in [0.15, 0.2) is 24.3 Å². The van der Waals surface area contributed by atoms with Gasteiger partial charge in [-0.15, -0.1) is 13.2 Å². The van der Waals surface area contributed by atoms with E-state index in [1.807, 2.05) is 0 Å². The molecule has 0 aliphatic carbocycles. The number of benzene rings is 1. The zero-order valence-electron chi connectivity index (χ0n) is 9.31. The minimum atomic E-state index is -4.80. The molecule has 0 atom stereocenters. The molecule has 0 radical (unpaired) electrons. The molecule has 0 unspecified atom stereocenters. The Hall–Kier alpha value is -1.25. The van der Waals surface area contributed by atoms with Crippen molar-refractivity contribution in [2.75, 3.05) is 17.6 Å². The summed E-state index contributed by atoms with van der Waals surface area (Å²) >= 11 is -0.207. The van der Waals surface area contributed by atoms with Crippen LogP contribution in [0.2, 0.25) is 0 Å². The minimum absolute atomic E-state index is 0.0281. The summed E-state index contributed by atoms with van der Waals surface area (Å²) in [5.41, 5.74) is -4.06. The summed E-state index contributed by atoms with van der Waals surface area (Å²) in [5.74, 6) is -0.672. The summed E-state index contributed by atoms with van der Waals surface area (Å²) < 4.78 is 75.0. The van der Waals surface area contributed by atoms with Gasteiger partial charge in [0.1, 0.15) is 5.75 Å². The highest BCUT2D eigenvalue weighted by Crippen LogP contribution is 2.30. The van der Waals surface area contributed by atoms with Crippen LogP contribution < -0.4 is 10.1 Å². The van der Waals surface area contributed by atoms with E-state index >= 15 is 0 Å². The predicted octanol–water partition coefficient (Wildman–Crippen LogP) is 4.25. The number of halogens is 6. The number of thioether (sulfide) groups is 1. The van der Waals surface area contributed by atoms with Crippen molar-refractivity contribution in [3.8, 4) is 5.75 Å². The lowest BCUT2D eigenvalue weighted by atomic mass is 10.3. The largest absolute Gasteiger partial charge is 0.573 e. The number of nitrogens with one attached hydrogen (secondary N) is 1. The lowest BCUT2D eigenvalue weighted by Crippen LogP contribution is -2.17. The van der Waals surface area contributed by atoms with Crippen molar-refractivity contribution >= 4 is 17.4 Å². The Morgan fingerprint density at radius 3 is 2.37 bits per heavy atom. The highest BCUT2D eigenvalue weighted by Gasteiger charge is 2.31. The zero-order chi connectivity index (χ0) is 14.5. The summed E-state index contributed by atoms with van der Waals surface area (Å²) in [6.45, 7) is -0.0281. The number of anilines is 1. The van der Waals surface area contributed by atoms with Crippen molar-refractivity contribution in [2.24, 2.45) is 0 Å². The molecular weight excluding hydrogens is 296 g/mol. The standard InChI is InChI=1S/C10H9F6NOS/c11-9(12,13)18-8-3-1-2-7(6-8)17-4-5-19-10(14,15)16/h1-3,6,17H,4-5H2. The van der Waals surface area contributed by atoms with Crippen LogP contribution in [0.4, 0.5) is 32.0 Å². The average molecular weight is 305 g/mol. The first kappa shape index (κ1) is 15.8. The lowest BCUT2D eigenvalue weighted by Gasteiger charge is -2.11. The quantitative estimate of drug-likeness (QED) is 0.649. The number of ether oxygens (including phenoxy) is 1. The van der Waals surface area contributed by atoms with E-state index in [0.717, 1.165) is 12.1 Å². The van der Waals surface area contributed by atoms with Crippen LogP contribution in [0.3, 0.4) is 0 Å². The first-order chi connectivity index (χ1) is 8.66. The van der Waals surface area contributed by atoms with Crippen molar-refractivity contribution in [3.63, 3.8) is 0 Å². The van der Waals surface area contributed by atoms with E-state index in [9.17, 15) is 26.3 Å². The molecule has 1 aromatic carbocycles. The molecule has 1 N–H and O–H groups in total. The fourth-order valence-electron chi connectivity index (χ4n) is 1.17. The summed E-state index contributed by atoms with van der Waals surface area (Å²) in [5, 5.41) is 2.58. The Kier molecular flexibility index (Phi) is 5.21. The molecule has 19 heavy (non-hydrogen) atoms. The first-order valence-electron chi connectivity index (χ1n) is 4.96. The van der Waals surface area contributed by atoms with Gasteiger partial charge in [-0.2, -0.15) is 13.2 Å². The van der Waals surface area contributed by atoms with Gasteiger partial charge in [0.05, 0.1) is 0 Å². The summed E-state index contributed by atoms with van der Waals surface area (Å²) in [6, 6.07) is 4.90. The zero-order valence-corrected chi connectivity index (χ0v) is 10.1. The molecule has 0 bridgehead atoms. The second-order valence-corrected chi connectivity index (χ2v) is 4.46. The molecule has 1 rings (SSSR count). The average Bonchev–Trinajstić information content (AvgIpc) is 2.21. The predicted molar refractivity (Wildman–Crippen MR) is 60.1 cm³/mol. The molecule has 0 amide bonds. The minimum Gasteiger partial charge on any atom is -0.406 e.